The van der Waals surface area contributed by atoms with Gasteiger partial charge in [-0.05, 0) is 6.42 Å². The largest absolute Gasteiger partial charge is 0.387 e. The summed E-state index contributed by atoms with van der Waals surface area (Å²) < 4.78 is 36.1. The number of halogens is 4. The number of hydrogen-bond acceptors (Lipinski definition) is 1. The zero-order valence-corrected chi connectivity index (χ0v) is 6.08. The van der Waals surface area contributed by atoms with Crippen LogP contribution in [0.15, 0.2) is 0 Å². The molecule has 5 heteroatoms. The maximum atomic E-state index is 12.2. The van der Waals surface area contributed by atoms with Crippen molar-refractivity contribution in [3.63, 3.8) is 0 Å². The quantitative estimate of drug-likeness (QED) is 0.652. The smallest absolute Gasteiger partial charge is 0.317 e. The van der Waals surface area contributed by atoms with Crippen molar-refractivity contribution in [1.29, 1.82) is 0 Å². The topological polar surface area (TPSA) is 20.2 Å². The lowest BCUT2D eigenvalue weighted by atomic mass is 10.1. The zero-order valence-electron chi connectivity index (χ0n) is 5.32. The minimum absolute atomic E-state index is 0.222. The van der Waals surface area contributed by atoms with Crippen molar-refractivity contribution >= 4 is 11.6 Å². The van der Waals surface area contributed by atoms with Crippen molar-refractivity contribution in [2.45, 2.75) is 31.0 Å². The van der Waals surface area contributed by atoms with E-state index < -0.39 is 17.7 Å². The molecule has 0 aromatic heterocycles. The van der Waals surface area contributed by atoms with Crippen LogP contribution in [-0.4, -0.2) is 22.8 Å². The Morgan fingerprint density at radius 3 is 2.10 bits per heavy atom. The first-order valence-corrected chi connectivity index (χ1v) is 3.20. The Kier molecular flexibility index (Phi) is 3.45. The van der Waals surface area contributed by atoms with Gasteiger partial charge in [0.1, 0.15) is 6.10 Å². The van der Waals surface area contributed by atoms with Crippen LogP contribution in [0.3, 0.4) is 0 Å². The van der Waals surface area contributed by atoms with Crippen LogP contribution < -0.4 is 0 Å². The third-order valence-corrected chi connectivity index (χ3v) is 1.41. The Labute approximate surface area is 61.8 Å². The highest BCUT2D eigenvalue weighted by Crippen LogP contribution is 2.29. The van der Waals surface area contributed by atoms with Gasteiger partial charge >= 0.3 is 5.92 Å². The molecule has 0 spiro atoms. The molecular weight excluding hydrogens is 169 g/mol. The number of hydrogen-bond donors (Lipinski definition) is 1. The third kappa shape index (κ3) is 2.02. The molecule has 0 aromatic rings. The van der Waals surface area contributed by atoms with Crippen LogP contribution in [0.25, 0.3) is 0 Å². The summed E-state index contributed by atoms with van der Waals surface area (Å²) in [5.41, 5.74) is -2.82. The van der Waals surface area contributed by atoms with E-state index in [0.29, 0.717) is 0 Å². The highest BCUT2D eigenvalue weighted by molar-refractivity contribution is 6.20. The predicted molar refractivity (Wildman–Crippen MR) is 32.0 cm³/mol. The average Bonchev–Trinajstić information content (AvgIpc) is 1.86. The van der Waals surface area contributed by atoms with Gasteiger partial charge in [0.05, 0.1) is 0 Å². The van der Waals surface area contributed by atoms with Gasteiger partial charge in [0.15, 0.2) is 0 Å². The van der Waals surface area contributed by atoms with E-state index in [4.69, 9.17) is 5.11 Å². The van der Waals surface area contributed by atoms with E-state index in [1.807, 2.05) is 0 Å². The maximum absolute atomic E-state index is 12.2. The number of aliphatic hydroxyl groups excluding tert-OH is 1. The Balaban J connectivity index is 4.09. The first-order chi connectivity index (χ1) is 4.42. The fourth-order valence-electron chi connectivity index (χ4n) is 0.418. The normalized spacial score (nSPS) is 18.6. The minimum Gasteiger partial charge on any atom is -0.387 e. The van der Waals surface area contributed by atoms with Gasteiger partial charge in [-0.3, -0.25) is 0 Å². The molecule has 2 atom stereocenters. The van der Waals surface area contributed by atoms with Gasteiger partial charge in [-0.25, -0.2) is 4.39 Å². The standard InChI is InChI=1S/C5H8ClF3O/c1-2-3(10)5(8,9)4(6)7/h3-4,10H,2H2,1H3. The monoisotopic (exact) mass is 176 g/mol. The van der Waals surface area contributed by atoms with Crippen LogP contribution in [0.2, 0.25) is 0 Å². The molecule has 0 aliphatic heterocycles. The number of aliphatic hydroxyl groups is 1. The lowest BCUT2D eigenvalue weighted by Gasteiger charge is -2.20. The van der Waals surface area contributed by atoms with E-state index in [9.17, 15) is 13.2 Å². The summed E-state index contributed by atoms with van der Waals surface area (Å²) >= 11 is 4.47. The molecule has 0 saturated heterocycles. The molecule has 0 rings (SSSR count). The van der Waals surface area contributed by atoms with Crippen LogP contribution in [0.4, 0.5) is 13.2 Å². The van der Waals surface area contributed by atoms with Crippen molar-refractivity contribution < 1.29 is 18.3 Å². The first kappa shape index (κ1) is 10.0. The molecule has 1 nitrogen and oxygen atoms in total. The van der Waals surface area contributed by atoms with Crippen LogP contribution in [0, 0.1) is 0 Å². The van der Waals surface area contributed by atoms with Crippen LogP contribution >= 0.6 is 11.6 Å². The SMILES string of the molecule is CCC(O)C(F)(F)C(F)Cl. The Bertz CT molecular complexity index is 107. The molecule has 10 heavy (non-hydrogen) atoms. The van der Waals surface area contributed by atoms with Gasteiger partial charge in [0.25, 0.3) is 0 Å². The van der Waals surface area contributed by atoms with Gasteiger partial charge in [0.2, 0.25) is 5.63 Å². The van der Waals surface area contributed by atoms with Gasteiger partial charge < -0.3 is 5.11 Å². The van der Waals surface area contributed by atoms with Crippen molar-refractivity contribution in [3.8, 4) is 0 Å². The highest BCUT2D eigenvalue weighted by atomic mass is 35.5. The molecule has 1 N–H and O–H groups in total. The molecule has 0 bridgehead atoms. The first-order valence-electron chi connectivity index (χ1n) is 2.77. The molecular formula is C5H8ClF3O. The Morgan fingerprint density at radius 1 is 1.60 bits per heavy atom. The number of rotatable bonds is 3. The number of alkyl halides is 4. The molecule has 62 valence electrons. The van der Waals surface area contributed by atoms with Crippen LogP contribution in [0.1, 0.15) is 13.3 Å². The summed E-state index contributed by atoms with van der Waals surface area (Å²) in [5.74, 6) is -3.84. The zero-order chi connectivity index (χ0) is 8.36. The van der Waals surface area contributed by atoms with E-state index >= 15 is 0 Å². The summed E-state index contributed by atoms with van der Waals surface area (Å²) in [7, 11) is 0. The maximum Gasteiger partial charge on any atom is 0.317 e. The second kappa shape index (κ2) is 3.44. The molecule has 2 unspecified atom stereocenters. The van der Waals surface area contributed by atoms with Crippen molar-refractivity contribution in [1.82, 2.24) is 0 Å². The lowest BCUT2D eigenvalue weighted by Crippen LogP contribution is -2.39. The molecule has 0 saturated carbocycles. The second-order valence-electron chi connectivity index (χ2n) is 1.90. The van der Waals surface area contributed by atoms with E-state index in [2.05, 4.69) is 11.6 Å². The lowest BCUT2D eigenvalue weighted by molar-refractivity contribution is -0.133. The molecule has 0 radical (unpaired) electrons. The van der Waals surface area contributed by atoms with Crippen LogP contribution in [0.5, 0.6) is 0 Å². The van der Waals surface area contributed by atoms with E-state index in [0.717, 1.165) is 0 Å². The molecule has 0 aliphatic rings. The predicted octanol–water partition coefficient (Wildman–Crippen LogP) is 1.93. The van der Waals surface area contributed by atoms with E-state index in [1.165, 1.54) is 6.92 Å². The summed E-state index contributed by atoms with van der Waals surface area (Å²) in [5, 5.41) is 8.48. The van der Waals surface area contributed by atoms with Crippen molar-refractivity contribution in [2.24, 2.45) is 0 Å². The average molecular weight is 177 g/mol. The van der Waals surface area contributed by atoms with Gasteiger partial charge in [-0.15, -0.1) is 0 Å². The minimum atomic E-state index is -3.84. The summed E-state index contributed by atoms with van der Waals surface area (Å²) in [6.07, 6.45) is -2.22. The van der Waals surface area contributed by atoms with Gasteiger partial charge in [0, 0.05) is 0 Å². The summed E-state index contributed by atoms with van der Waals surface area (Å²) in [6.45, 7) is 1.32. The van der Waals surface area contributed by atoms with Crippen LogP contribution in [-0.2, 0) is 0 Å². The van der Waals surface area contributed by atoms with E-state index in [-0.39, 0.29) is 6.42 Å². The fraction of sp³-hybridized carbons (Fsp3) is 1.00. The van der Waals surface area contributed by atoms with Crippen molar-refractivity contribution in [2.75, 3.05) is 0 Å². The Morgan fingerprint density at radius 2 is 2.00 bits per heavy atom. The van der Waals surface area contributed by atoms with Crippen molar-refractivity contribution in [3.05, 3.63) is 0 Å². The fourth-order valence-corrected chi connectivity index (χ4v) is 0.563. The van der Waals surface area contributed by atoms with Gasteiger partial charge in [-0.2, -0.15) is 8.78 Å². The summed E-state index contributed by atoms with van der Waals surface area (Å²) in [6, 6.07) is 0. The molecule has 0 fully saturated rings. The highest BCUT2D eigenvalue weighted by Gasteiger charge is 2.45. The third-order valence-electron chi connectivity index (χ3n) is 1.12. The van der Waals surface area contributed by atoms with Gasteiger partial charge in [-0.1, -0.05) is 18.5 Å². The summed E-state index contributed by atoms with van der Waals surface area (Å²) in [4.78, 5) is 0. The molecule has 0 heterocycles. The Hall–Kier alpha value is 0.0400. The van der Waals surface area contributed by atoms with E-state index in [1.54, 1.807) is 0 Å². The molecule has 0 aliphatic carbocycles. The molecule has 0 amide bonds. The second-order valence-corrected chi connectivity index (χ2v) is 2.28. The molecule has 0 aromatic carbocycles.